The van der Waals surface area contributed by atoms with Crippen LogP contribution in [0.5, 0.6) is 0 Å². The summed E-state index contributed by atoms with van der Waals surface area (Å²) in [4.78, 5) is 4.51. The Kier molecular flexibility index (Phi) is 6.62. The van der Waals surface area contributed by atoms with E-state index >= 15 is 0 Å². The van der Waals surface area contributed by atoms with E-state index in [0.717, 1.165) is 55.9 Å². The van der Waals surface area contributed by atoms with Crippen molar-refractivity contribution in [2.75, 3.05) is 13.2 Å². The van der Waals surface area contributed by atoms with Crippen molar-refractivity contribution in [3.8, 4) is 0 Å². The molecule has 1 aromatic carbocycles. The molecule has 0 unspecified atom stereocenters. The number of alkyl halides is 1. The molecule has 2 rings (SSSR count). The Hall–Kier alpha value is -0.480. The zero-order valence-electron chi connectivity index (χ0n) is 12.0. The molecule has 0 amide bonds. The molecule has 0 aliphatic heterocycles. The Balaban J connectivity index is 2.08. The van der Waals surface area contributed by atoms with Crippen molar-refractivity contribution in [2.24, 2.45) is 0 Å². The first-order valence-electron chi connectivity index (χ1n) is 7.15. The number of hydrogen-bond donors (Lipinski definition) is 0. The molecule has 2 aromatic rings. The maximum Gasteiger partial charge on any atom is 0.124 e. The average molecular weight is 350 g/mol. The number of unbranched alkanes of at least 4 members (excludes halogenated alkanes) is 1. The molecule has 0 bridgehead atoms. The van der Waals surface area contributed by atoms with E-state index in [1.54, 1.807) is 6.07 Å². The van der Waals surface area contributed by atoms with E-state index in [4.69, 9.17) is 39.5 Å². The van der Waals surface area contributed by atoms with E-state index in [-0.39, 0.29) is 0 Å². The number of ether oxygens (including phenoxy) is 1. The van der Waals surface area contributed by atoms with Crippen molar-refractivity contribution in [3.63, 3.8) is 0 Å². The van der Waals surface area contributed by atoms with Gasteiger partial charge in [0.2, 0.25) is 0 Å². The highest BCUT2D eigenvalue weighted by atomic mass is 35.5. The molecular weight excluding hydrogens is 331 g/mol. The summed E-state index contributed by atoms with van der Waals surface area (Å²) < 4.78 is 7.68. The molecule has 116 valence electrons. The average Bonchev–Trinajstić information content (AvgIpc) is 2.80. The third-order valence-electron chi connectivity index (χ3n) is 3.30. The Morgan fingerprint density at radius 2 is 1.86 bits per heavy atom. The number of rotatable bonds is 8. The van der Waals surface area contributed by atoms with E-state index in [1.807, 2.05) is 6.07 Å². The minimum absolute atomic E-state index is 0.362. The van der Waals surface area contributed by atoms with E-state index in [1.165, 1.54) is 0 Å². The monoisotopic (exact) mass is 348 g/mol. The van der Waals surface area contributed by atoms with Gasteiger partial charge in [-0.15, -0.1) is 11.6 Å². The summed E-state index contributed by atoms with van der Waals surface area (Å²) in [6.45, 7) is 4.53. The number of aryl methyl sites for hydroxylation is 1. The fourth-order valence-electron chi connectivity index (χ4n) is 2.19. The highest BCUT2D eigenvalue weighted by Crippen LogP contribution is 2.28. The smallest absolute Gasteiger partial charge is 0.124 e. The summed E-state index contributed by atoms with van der Waals surface area (Å²) >= 11 is 18.1. The Morgan fingerprint density at radius 1 is 1.14 bits per heavy atom. The molecule has 0 atom stereocenters. The molecule has 0 radical (unpaired) electrons. The maximum absolute atomic E-state index is 6.10. The Labute approximate surface area is 140 Å². The fraction of sp³-hybridized carbons (Fsp3) is 0.533. The van der Waals surface area contributed by atoms with Crippen LogP contribution in [0.4, 0.5) is 0 Å². The number of hydrogen-bond acceptors (Lipinski definition) is 2. The van der Waals surface area contributed by atoms with Gasteiger partial charge in [0.15, 0.2) is 0 Å². The first-order valence-corrected chi connectivity index (χ1v) is 8.44. The van der Waals surface area contributed by atoms with Crippen LogP contribution < -0.4 is 0 Å². The minimum atomic E-state index is 0.362. The van der Waals surface area contributed by atoms with Gasteiger partial charge < -0.3 is 9.30 Å². The van der Waals surface area contributed by atoms with E-state index in [0.29, 0.717) is 15.9 Å². The quantitative estimate of drug-likeness (QED) is 0.478. The summed E-state index contributed by atoms with van der Waals surface area (Å²) in [6, 6.07) is 3.63. The van der Waals surface area contributed by atoms with Crippen molar-refractivity contribution in [2.45, 2.75) is 38.6 Å². The van der Waals surface area contributed by atoms with E-state index < -0.39 is 0 Å². The predicted molar refractivity (Wildman–Crippen MR) is 89.7 cm³/mol. The summed E-state index contributed by atoms with van der Waals surface area (Å²) in [5, 5.41) is 1.04. The lowest BCUT2D eigenvalue weighted by atomic mass is 10.3. The van der Waals surface area contributed by atoms with Gasteiger partial charge >= 0.3 is 0 Å². The molecule has 0 N–H and O–H groups in total. The van der Waals surface area contributed by atoms with Crippen molar-refractivity contribution in [3.05, 3.63) is 28.0 Å². The van der Waals surface area contributed by atoms with Crippen molar-refractivity contribution in [1.82, 2.24) is 9.55 Å². The number of imidazole rings is 1. The third kappa shape index (κ3) is 4.26. The second kappa shape index (κ2) is 8.23. The summed E-state index contributed by atoms with van der Waals surface area (Å²) in [6.07, 6.45) is 3.18. The fourth-order valence-corrected chi connectivity index (χ4v) is 2.71. The van der Waals surface area contributed by atoms with Crippen LogP contribution in [0.25, 0.3) is 11.0 Å². The molecule has 3 nitrogen and oxygen atoms in total. The first-order chi connectivity index (χ1) is 10.2. The predicted octanol–water partition coefficient (Wildman–Crippen LogP) is 5.29. The Morgan fingerprint density at radius 3 is 2.57 bits per heavy atom. The SMILES string of the molecule is CCCCOCCCn1c(CCl)nc2cc(Cl)c(Cl)cc21. The summed E-state index contributed by atoms with van der Waals surface area (Å²) in [5.41, 5.74) is 1.79. The molecule has 0 saturated heterocycles. The lowest BCUT2D eigenvalue weighted by molar-refractivity contribution is 0.126. The van der Waals surface area contributed by atoms with Gasteiger partial charge in [-0.3, -0.25) is 0 Å². The van der Waals surface area contributed by atoms with Crippen LogP contribution in [0, 0.1) is 0 Å². The number of halogens is 3. The molecule has 6 heteroatoms. The zero-order valence-corrected chi connectivity index (χ0v) is 14.3. The molecule has 0 fully saturated rings. The minimum Gasteiger partial charge on any atom is -0.381 e. The van der Waals surface area contributed by atoms with Crippen LogP contribution in [0.1, 0.15) is 32.0 Å². The Bertz CT molecular complexity index is 598. The van der Waals surface area contributed by atoms with E-state index in [2.05, 4.69) is 16.5 Å². The van der Waals surface area contributed by atoms with Crippen LogP contribution in [-0.4, -0.2) is 22.8 Å². The lowest BCUT2D eigenvalue weighted by Crippen LogP contribution is -2.06. The highest BCUT2D eigenvalue weighted by molar-refractivity contribution is 6.42. The van der Waals surface area contributed by atoms with Gasteiger partial charge in [0, 0.05) is 19.8 Å². The van der Waals surface area contributed by atoms with Gasteiger partial charge in [0.05, 0.1) is 27.0 Å². The first kappa shape index (κ1) is 16.9. The molecular formula is C15H19Cl3N2O. The second-order valence-electron chi connectivity index (χ2n) is 4.89. The largest absolute Gasteiger partial charge is 0.381 e. The molecule has 0 aliphatic carbocycles. The van der Waals surface area contributed by atoms with Crippen LogP contribution in [0.15, 0.2) is 12.1 Å². The topological polar surface area (TPSA) is 27.1 Å². The number of benzene rings is 1. The number of aromatic nitrogens is 2. The van der Waals surface area contributed by atoms with Crippen LogP contribution >= 0.6 is 34.8 Å². The van der Waals surface area contributed by atoms with Crippen molar-refractivity contribution in [1.29, 1.82) is 0 Å². The normalized spacial score (nSPS) is 11.4. The maximum atomic E-state index is 6.10. The van der Waals surface area contributed by atoms with Gasteiger partial charge in [-0.05, 0) is 25.0 Å². The molecule has 0 spiro atoms. The number of fused-ring (bicyclic) bond motifs is 1. The van der Waals surface area contributed by atoms with Gasteiger partial charge in [0.1, 0.15) is 5.82 Å². The standard InChI is InChI=1S/C15H19Cl3N2O/c1-2-3-6-21-7-4-5-20-14-9-12(18)11(17)8-13(14)19-15(20)10-16/h8-9H,2-7,10H2,1H3. The molecule has 21 heavy (non-hydrogen) atoms. The second-order valence-corrected chi connectivity index (χ2v) is 5.97. The zero-order chi connectivity index (χ0) is 15.2. The number of nitrogens with zero attached hydrogens (tertiary/aromatic N) is 2. The molecule has 1 aromatic heterocycles. The van der Waals surface area contributed by atoms with Crippen molar-refractivity contribution >= 4 is 45.8 Å². The van der Waals surface area contributed by atoms with Crippen LogP contribution in [0.3, 0.4) is 0 Å². The molecule has 0 aliphatic rings. The van der Waals surface area contributed by atoms with Crippen LogP contribution in [-0.2, 0) is 17.2 Å². The lowest BCUT2D eigenvalue weighted by Gasteiger charge is -2.08. The highest BCUT2D eigenvalue weighted by Gasteiger charge is 2.12. The van der Waals surface area contributed by atoms with Gasteiger partial charge in [-0.2, -0.15) is 0 Å². The van der Waals surface area contributed by atoms with Gasteiger partial charge in [0.25, 0.3) is 0 Å². The molecule has 0 saturated carbocycles. The van der Waals surface area contributed by atoms with Crippen LogP contribution in [0.2, 0.25) is 10.0 Å². The van der Waals surface area contributed by atoms with E-state index in [9.17, 15) is 0 Å². The van der Waals surface area contributed by atoms with Gasteiger partial charge in [-0.1, -0.05) is 36.5 Å². The molecule has 1 heterocycles. The summed E-state index contributed by atoms with van der Waals surface area (Å²) in [5.74, 6) is 1.19. The van der Waals surface area contributed by atoms with Gasteiger partial charge in [-0.25, -0.2) is 4.98 Å². The summed E-state index contributed by atoms with van der Waals surface area (Å²) in [7, 11) is 0. The third-order valence-corrected chi connectivity index (χ3v) is 4.26. The van der Waals surface area contributed by atoms with Crippen molar-refractivity contribution < 1.29 is 4.74 Å².